The van der Waals surface area contributed by atoms with E-state index >= 15 is 0 Å². The summed E-state index contributed by atoms with van der Waals surface area (Å²) in [7, 11) is 0. The first kappa shape index (κ1) is 20.2. The molecule has 1 aliphatic rings. The minimum atomic E-state index is -0.617. The number of pyridine rings is 1. The zero-order valence-electron chi connectivity index (χ0n) is 17.7. The van der Waals surface area contributed by atoms with Gasteiger partial charge in [-0.25, -0.2) is 24.0 Å². The molecule has 0 aliphatic carbocycles. The Morgan fingerprint density at radius 3 is 2.66 bits per heavy atom. The smallest absolute Gasteiger partial charge is 0.266 e. The molecule has 4 aromatic rings. The highest BCUT2D eigenvalue weighted by atomic mass is 19.1. The molecule has 1 aliphatic heterocycles. The summed E-state index contributed by atoms with van der Waals surface area (Å²) in [5.74, 6) is -0.420. The minimum Gasteiger partial charge on any atom is -0.372 e. The molecule has 3 aromatic heterocycles. The molecule has 0 atom stereocenters. The van der Waals surface area contributed by atoms with Crippen molar-refractivity contribution in [2.24, 2.45) is 0 Å². The highest BCUT2D eigenvalue weighted by molar-refractivity contribution is 6.09. The van der Waals surface area contributed by atoms with Gasteiger partial charge in [0.1, 0.15) is 17.3 Å². The van der Waals surface area contributed by atoms with E-state index in [-0.39, 0.29) is 24.0 Å². The molecule has 0 bridgehead atoms. The summed E-state index contributed by atoms with van der Waals surface area (Å²) in [5, 5.41) is 18.2. The Hall–Kier alpha value is -3.72. The zero-order valence-corrected chi connectivity index (χ0v) is 17.7. The van der Waals surface area contributed by atoms with Crippen LogP contribution in [0.5, 0.6) is 0 Å². The Labute approximate surface area is 183 Å². The van der Waals surface area contributed by atoms with Crippen LogP contribution in [0.3, 0.4) is 0 Å². The quantitative estimate of drug-likeness (QED) is 0.514. The molecule has 5 rings (SSSR count). The number of hydrogen-bond acceptors (Lipinski definition) is 6. The summed E-state index contributed by atoms with van der Waals surface area (Å²) >= 11 is 0. The number of benzene rings is 1. The van der Waals surface area contributed by atoms with Crippen LogP contribution in [0.2, 0.25) is 0 Å². The highest BCUT2D eigenvalue weighted by Crippen LogP contribution is 2.38. The van der Waals surface area contributed by atoms with Crippen molar-refractivity contribution in [2.75, 3.05) is 5.32 Å². The van der Waals surface area contributed by atoms with Gasteiger partial charge in [-0.2, -0.15) is 5.10 Å². The third-order valence-electron chi connectivity index (χ3n) is 5.30. The zero-order chi connectivity index (χ0) is 22.6. The number of fused-ring (bicyclic) bond motifs is 2. The molecular formula is C23H20FN6O2. The van der Waals surface area contributed by atoms with E-state index in [1.54, 1.807) is 35.1 Å². The van der Waals surface area contributed by atoms with Crippen molar-refractivity contribution in [1.29, 1.82) is 0 Å². The second-order valence-electron chi connectivity index (χ2n) is 8.64. The number of amides is 1. The number of hydrogen-bond donors (Lipinski definition) is 2. The predicted molar refractivity (Wildman–Crippen MR) is 116 cm³/mol. The third-order valence-corrected chi connectivity index (χ3v) is 5.30. The number of carbonyl (C=O) groups is 1. The maximum atomic E-state index is 14.3. The van der Waals surface area contributed by atoms with Crippen LogP contribution in [-0.4, -0.2) is 35.7 Å². The molecule has 0 unspecified atom stereocenters. The number of carbonyl (C=O) groups excluding carboxylic acids is 1. The van der Waals surface area contributed by atoms with Gasteiger partial charge in [0.05, 0.1) is 23.2 Å². The second kappa shape index (κ2) is 7.16. The molecule has 0 saturated carbocycles. The first-order valence-corrected chi connectivity index (χ1v) is 10.1. The fourth-order valence-electron chi connectivity index (χ4n) is 3.78. The Bertz CT molecular complexity index is 1370. The van der Waals surface area contributed by atoms with Crippen LogP contribution in [0, 0.1) is 11.9 Å². The summed E-state index contributed by atoms with van der Waals surface area (Å²) < 4.78 is 15.9. The monoisotopic (exact) mass is 431 g/mol. The molecule has 8 nitrogen and oxygen atoms in total. The number of anilines is 1. The van der Waals surface area contributed by atoms with Crippen LogP contribution in [0.4, 0.5) is 10.2 Å². The van der Waals surface area contributed by atoms with Crippen LogP contribution in [0.1, 0.15) is 37.6 Å². The average molecular weight is 431 g/mol. The Balaban J connectivity index is 1.70. The van der Waals surface area contributed by atoms with E-state index in [1.165, 1.54) is 6.07 Å². The van der Waals surface area contributed by atoms with Crippen molar-refractivity contribution >= 4 is 22.8 Å². The number of nitrogens with zero attached hydrogens (tertiary/aromatic N) is 5. The van der Waals surface area contributed by atoms with Crippen molar-refractivity contribution in [1.82, 2.24) is 24.7 Å². The van der Waals surface area contributed by atoms with E-state index in [4.69, 9.17) is 4.98 Å². The molecule has 161 valence electrons. The summed E-state index contributed by atoms with van der Waals surface area (Å²) in [6.07, 6.45) is 1.25. The van der Waals surface area contributed by atoms with Crippen molar-refractivity contribution in [2.45, 2.75) is 32.7 Å². The summed E-state index contributed by atoms with van der Waals surface area (Å²) in [6.45, 7) is 5.99. The molecule has 1 radical (unpaired) electrons. The van der Waals surface area contributed by atoms with Gasteiger partial charge in [-0.1, -0.05) is 39.0 Å². The molecule has 0 saturated heterocycles. The minimum absolute atomic E-state index is 0.183. The van der Waals surface area contributed by atoms with Crippen LogP contribution >= 0.6 is 0 Å². The van der Waals surface area contributed by atoms with Gasteiger partial charge in [0, 0.05) is 17.2 Å². The Kier molecular flexibility index (Phi) is 4.52. The van der Waals surface area contributed by atoms with Gasteiger partial charge < -0.3 is 10.4 Å². The van der Waals surface area contributed by atoms with Gasteiger partial charge in [0.25, 0.3) is 5.91 Å². The lowest BCUT2D eigenvalue weighted by molar-refractivity contribution is -0.116. The predicted octanol–water partition coefficient (Wildman–Crippen LogP) is 3.58. The van der Waals surface area contributed by atoms with Gasteiger partial charge in [0.2, 0.25) is 6.10 Å². The Morgan fingerprint density at radius 2 is 1.91 bits per heavy atom. The highest BCUT2D eigenvalue weighted by Gasteiger charge is 2.39. The van der Waals surface area contributed by atoms with Crippen LogP contribution in [0.25, 0.3) is 22.6 Å². The van der Waals surface area contributed by atoms with Gasteiger partial charge in [-0.3, -0.25) is 4.79 Å². The number of aromatic nitrogens is 5. The number of nitrogens with one attached hydrogen (secondary N) is 1. The number of aliphatic hydroxyl groups excluding tert-OH is 1. The molecule has 2 N–H and O–H groups in total. The van der Waals surface area contributed by atoms with Crippen molar-refractivity contribution in [3.05, 3.63) is 71.3 Å². The fourth-order valence-corrected chi connectivity index (χ4v) is 3.78. The summed E-state index contributed by atoms with van der Waals surface area (Å²) in [4.78, 5) is 25.7. The first-order chi connectivity index (χ1) is 15.2. The van der Waals surface area contributed by atoms with Crippen LogP contribution < -0.4 is 5.32 Å². The molecular weight excluding hydrogens is 411 g/mol. The largest absolute Gasteiger partial charge is 0.372 e. The lowest BCUT2D eigenvalue weighted by atomic mass is 9.87. The molecule has 9 heteroatoms. The van der Waals surface area contributed by atoms with E-state index in [1.807, 2.05) is 26.8 Å². The van der Waals surface area contributed by atoms with E-state index in [0.717, 1.165) is 0 Å². The maximum Gasteiger partial charge on any atom is 0.266 e. The molecule has 1 amide bonds. The van der Waals surface area contributed by atoms with E-state index in [9.17, 15) is 14.3 Å². The molecule has 0 spiro atoms. The Morgan fingerprint density at radius 1 is 1.12 bits per heavy atom. The normalized spacial score (nSPS) is 14.1. The van der Waals surface area contributed by atoms with Crippen molar-refractivity contribution in [3.8, 4) is 11.5 Å². The molecule has 0 fully saturated rings. The van der Waals surface area contributed by atoms with E-state index in [0.29, 0.717) is 33.5 Å². The number of rotatable bonds is 3. The van der Waals surface area contributed by atoms with E-state index < -0.39 is 17.4 Å². The number of halogens is 1. The number of aliphatic hydroxyl groups is 1. The second-order valence-corrected chi connectivity index (χ2v) is 8.64. The molecule has 1 aromatic carbocycles. The average Bonchev–Trinajstić information content (AvgIpc) is 3.26. The fraction of sp³-hybridized carbons (Fsp3) is 0.217. The van der Waals surface area contributed by atoms with Gasteiger partial charge in [-0.05, 0) is 18.2 Å². The SMILES string of the molecule is CC(C)(C)c1nc(-c2nn(Cc3ccccc3F)c3ncccc23)nc2c1[C](O)C(=O)N2. The molecule has 32 heavy (non-hydrogen) atoms. The van der Waals surface area contributed by atoms with E-state index in [2.05, 4.69) is 20.4 Å². The lowest BCUT2D eigenvalue weighted by Gasteiger charge is -2.21. The third kappa shape index (κ3) is 3.21. The van der Waals surface area contributed by atoms with Gasteiger partial charge >= 0.3 is 0 Å². The van der Waals surface area contributed by atoms with Crippen molar-refractivity contribution in [3.63, 3.8) is 0 Å². The van der Waals surface area contributed by atoms with Crippen LogP contribution in [0.15, 0.2) is 42.6 Å². The first-order valence-electron chi connectivity index (χ1n) is 10.1. The van der Waals surface area contributed by atoms with Gasteiger partial charge in [0.15, 0.2) is 11.5 Å². The molecule has 4 heterocycles. The standard InChI is InChI=1S/C23H20FN6O2/c1-23(2,3)18-15-17(31)22(32)28-19(15)27-20(26-18)16-13-8-6-10-25-21(13)30(29-16)11-12-7-4-5-9-14(12)24/h4-10,31H,11H2,1-3H3,(H,26,27,28,32). The lowest BCUT2D eigenvalue weighted by Crippen LogP contribution is -2.20. The summed E-state index contributed by atoms with van der Waals surface area (Å²) in [6, 6.07) is 10.1. The summed E-state index contributed by atoms with van der Waals surface area (Å²) in [5.41, 5.74) is 1.84. The maximum absolute atomic E-state index is 14.3. The topological polar surface area (TPSA) is 106 Å². The van der Waals surface area contributed by atoms with Gasteiger partial charge in [-0.15, -0.1) is 0 Å². The van der Waals surface area contributed by atoms with Crippen LogP contribution in [-0.2, 0) is 16.8 Å². The van der Waals surface area contributed by atoms with Crippen molar-refractivity contribution < 1.29 is 14.3 Å².